The van der Waals surface area contributed by atoms with Gasteiger partial charge in [0.2, 0.25) is 5.88 Å². The summed E-state index contributed by atoms with van der Waals surface area (Å²) in [7, 11) is 0. The van der Waals surface area contributed by atoms with Gasteiger partial charge < -0.3 is 10.5 Å². The maximum absolute atomic E-state index is 6.00. The normalized spacial score (nSPS) is 11.5. The van der Waals surface area contributed by atoms with Gasteiger partial charge in [-0.25, -0.2) is 4.98 Å². The lowest BCUT2D eigenvalue weighted by molar-refractivity contribution is 0.439. The topological polar surface area (TPSA) is 48.1 Å². The van der Waals surface area contributed by atoms with Crippen LogP contribution >= 0.6 is 0 Å². The second-order valence-corrected chi connectivity index (χ2v) is 6.42. The van der Waals surface area contributed by atoms with Crippen molar-refractivity contribution in [2.45, 2.75) is 46.5 Å². The van der Waals surface area contributed by atoms with Gasteiger partial charge in [-0.05, 0) is 36.0 Å². The van der Waals surface area contributed by atoms with Gasteiger partial charge in [0.05, 0.1) is 11.9 Å². The van der Waals surface area contributed by atoms with Crippen LogP contribution in [0, 0.1) is 6.92 Å². The van der Waals surface area contributed by atoms with Crippen molar-refractivity contribution in [1.82, 2.24) is 4.98 Å². The molecule has 3 heteroatoms. The van der Waals surface area contributed by atoms with Gasteiger partial charge in [-0.15, -0.1) is 0 Å². The van der Waals surface area contributed by atoms with Gasteiger partial charge in [-0.1, -0.05) is 39.8 Å². The molecule has 3 nitrogen and oxygen atoms in total. The Labute approximate surface area is 127 Å². The van der Waals surface area contributed by atoms with E-state index in [4.69, 9.17) is 10.5 Å². The molecule has 0 atom stereocenters. The van der Waals surface area contributed by atoms with Crippen molar-refractivity contribution in [3.8, 4) is 11.6 Å². The van der Waals surface area contributed by atoms with Gasteiger partial charge in [-0.3, -0.25) is 0 Å². The van der Waals surface area contributed by atoms with E-state index >= 15 is 0 Å². The Morgan fingerprint density at radius 2 is 1.90 bits per heavy atom. The molecular formula is C18H24N2O. The van der Waals surface area contributed by atoms with Crippen LogP contribution in [0.3, 0.4) is 0 Å². The summed E-state index contributed by atoms with van der Waals surface area (Å²) < 4.78 is 6.00. The number of nitrogens with zero attached hydrogens (tertiary/aromatic N) is 1. The molecule has 0 spiro atoms. The number of aromatic nitrogens is 1. The molecule has 112 valence electrons. The molecule has 0 bridgehead atoms. The zero-order valence-electron chi connectivity index (χ0n) is 13.5. The standard InChI is InChI=1S/C18H24N2O/c1-6-13-7-8-16(14(10-13)18(3,4)5)21-17-9-12(2)15(19)11-20-17/h7-11H,6,19H2,1-5H3. The van der Waals surface area contributed by atoms with Crippen LogP contribution < -0.4 is 10.5 Å². The average molecular weight is 284 g/mol. The molecule has 0 fully saturated rings. The molecule has 0 aliphatic rings. The molecule has 0 amide bonds. The fourth-order valence-electron chi connectivity index (χ4n) is 2.18. The Morgan fingerprint density at radius 3 is 2.48 bits per heavy atom. The van der Waals surface area contributed by atoms with E-state index in [-0.39, 0.29) is 5.41 Å². The second kappa shape index (κ2) is 5.76. The number of benzene rings is 1. The first-order valence-corrected chi connectivity index (χ1v) is 7.34. The Balaban J connectivity index is 2.41. The van der Waals surface area contributed by atoms with Crippen molar-refractivity contribution in [3.05, 3.63) is 47.2 Å². The van der Waals surface area contributed by atoms with Crippen molar-refractivity contribution in [2.24, 2.45) is 0 Å². The summed E-state index contributed by atoms with van der Waals surface area (Å²) in [6.45, 7) is 10.7. The predicted molar refractivity (Wildman–Crippen MR) is 88.0 cm³/mol. The molecule has 2 N–H and O–H groups in total. The van der Waals surface area contributed by atoms with E-state index in [2.05, 4.69) is 44.8 Å². The number of rotatable bonds is 3. The highest BCUT2D eigenvalue weighted by atomic mass is 16.5. The molecule has 0 aliphatic heterocycles. The molecule has 0 saturated heterocycles. The van der Waals surface area contributed by atoms with E-state index < -0.39 is 0 Å². The van der Waals surface area contributed by atoms with Crippen LogP contribution in [0.5, 0.6) is 11.6 Å². The summed E-state index contributed by atoms with van der Waals surface area (Å²) >= 11 is 0. The largest absolute Gasteiger partial charge is 0.439 e. The summed E-state index contributed by atoms with van der Waals surface area (Å²) in [4.78, 5) is 4.25. The molecular weight excluding hydrogens is 260 g/mol. The number of nitrogens with two attached hydrogens (primary N) is 1. The van der Waals surface area contributed by atoms with Gasteiger partial charge in [0.15, 0.2) is 0 Å². The van der Waals surface area contributed by atoms with Crippen LogP contribution in [0.1, 0.15) is 44.4 Å². The summed E-state index contributed by atoms with van der Waals surface area (Å²) in [5, 5.41) is 0. The quantitative estimate of drug-likeness (QED) is 0.894. The van der Waals surface area contributed by atoms with E-state index in [0.717, 1.165) is 17.7 Å². The highest BCUT2D eigenvalue weighted by Crippen LogP contribution is 2.35. The summed E-state index contributed by atoms with van der Waals surface area (Å²) in [6.07, 6.45) is 2.66. The summed E-state index contributed by atoms with van der Waals surface area (Å²) in [6, 6.07) is 8.23. The Hall–Kier alpha value is -2.03. The van der Waals surface area contributed by atoms with Gasteiger partial charge in [0, 0.05) is 11.6 Å². The number of hydrogen-bond donors (Lipinski definition) is 1. The Bertz CT molecular complexity index is 642. The summed E-state index contributed by atoms with van der Waals surface area (Å²) in [5.74, 6) is 1.44. The molecule has 1 heterocycles. The third-order valence-electron chi connectivity index (χ3n) is 3.60. The number of anilines is 1. The zero-order valence-corrected chi connectivity index (χ0v) is 13.5. The third-order valence-corrected chi connectivity index (χ3v) is 3.60. The molecule has 2 rings (SSSR count). The van der Waals surface area contributed by atoms with Gasteiger partial charge in [0.25, 0.3) is 0 Å². The number of nitrogen functional groups attached to an aromatic ring is 1. The van der Waals surface area contributed by atoms with Crippen LogP contribution in [0.25, 0.3) is 0 Å². The Morgan fingerprint density at radius 1 is 1.19 bits per heavy atom. The number of aryl methyl sites for hydroxylation is 2. The number of hydrogen-bond acceptors (Lipinski definition) is 3. The molecule has 2 aromatic rings. The van der Waals surface area contributed by atoms with Crippen molar-refractivity contribution >= 4 is 5.69 Å². The lowest BCUT2D eigenvalue weighted by Crippen LogP contribution is -2.13. The molecule has 1 aromatic carbocycles. The average Bonchev–Trinajstić information content (AvgIpc) is 2.42. The van der Waals surface area contributed by atoms with Crippen LogP contribution in [-0.2, 0) is 11.8 Å². The fourth-order valence-corrected chi connectivity index (χ4v) is 2.18. The van der Waals surface area contributed by atoms with E-state index in [0.29, 0.717) is 11.6 Å². The van der Waals surface area contributed by atoms with Crippen molar-refractivity contribution in [2.75, 3.05) is 5.73 Å². The van der Waals surface area contributed by atoms with E-state index in [1.165, 1.54) is 11.1 Å². The number of ether oxygens (including phenoxy) is 1. The number of pyridine rings is 1. The maximum Gasteiger partial charge on any atom is 0.219 e. The predicted octanol–water partition coefficient (Wildman–Crippen LogP) is 4.62. The third kappa shape index (κ3) is 3.54. The summed E-state index contributed by atoms with van der Waals surface area (Å²) in [5.41, 5.74) is 9.98. The highest BCUT2D eigenvalue weighted by Gasteiger charge is 2.20. The highest BCUT2D eigenvalue weighted by molar-refractivity contribution is 5.47. The molecule has 0 unspecified atom stereocenters. The lowest BCUT2D eigenvalue weighted by atomic mass is 9.85. The smallest absolute Gasteiger partial charge is 0.219 e. The molecule has 21 heavy (non-hydrogen) atoms. The van der Waals surface area contributed by atoms with E-state index in [1.807, 2.05) is 19.1 Å². The van der Waals surface area contributed by atoms with Crippen LogP contribution in [0.2, 0.25) is 0 Å². The van der Waals surface area contributed by atoms with Gasteiger partial charge in [-0.2, -0.15) is 0 Å². The van der Waals surface area contributed by atoms with Crippen molar-refractivity contribution in [1.29, 1.82) is 0 Å². The molecule has 1 aromatic heterocycles. The van der Waals surface area contributed by atoms with Gasteiger partial charge in [0.1, 0.15) is 5.75 Å². The Kier molecular flexibility index (Phi) is 4.21. The second-order valence-electron chi connectivity index (χ2n) is 6.42. The van der Waals surface area contributed by atoms with Crippen molar-refractivity contribution < 1.29 is 4.74 Å². The minimum atomic E-state index is 0.0172. The minimum Gasteiger partial charge on any atom is -0.439 e. The van der Waals surface area contributed by atoms with Gasteiger partial charge >= 0.3 is 0 Å². The first kappa shape index (κ1) is 15.4. The minimum absolute atomic E-state index is 0.0172. The fraction of sp³-hybridized carbons (Fsp3) is 0.389. The first-order chi connectivity index (χ1) is 9.81. The maximum atomic E-state index is 6.00. The SMILES string of the molecule is CCc1ccc(Oc2cc(C)c(N)cn2)c(C(C)(C)C)c1. The lowest BCUT2D eigenvalue weighted by Gasteiger charge is -2.23. The van der Waals surface area contributed by atoms with E-state index in [1.54, 1.807) is 6.20 Å². The van der Waals surface area contributed by atoms with Crippen LogP contribution in [-0.4, -0.2) is 4.98 Å². The van der Waals surface area contributed by atoms with E-state index in [9.17, 15) is 0 Å². The monoisotopic (exact) mass is 284 g/mol. The zero-order chi connectivity index (χ0) is 15.6. The van der Waals surface area contributed by atoms with Crippen LogP contribution in [0.15, 0.2) is 30.5 Å². The molecule has 0 saturated carbocycles. The molecule has 0 radical (unpaired) electrons. The first-order valence-electron chi connectivity index (χ1n) is 7.34. The van der Waals surface area contributed by atoms with Crippen molar-refractivity contribution in [3.63, 3.8) is 0 Å². The molecule has 0 aliphatic carbocycles. The van der Waals surface area contributed by atoms with Crippen LogP contribution in [0.4, 0.5) is 5.69 Å².